The Morgan fingerprint density at radius 3 is 2.43 bits per heavy atom. The minimum absolute atomic E-state index is 0.0249. The number of nitrogens with one attached hydrogen (secondary N) is 2. The standard InChI is InChI=1S/C19H14F3N5O/c1-28-15-4-2-3-14(9-15)25-17-16(19(20,21)22)11-24-18(27-17)26-13-7-5-12(10-23)6-8-13/h2-9,11H,1H3,(H2,24,25,26,27). The molecule has 0 aliphatic carbocycles. The molecule has 0 amide bonds. The molecule has 0 saturated carbocycles. The van der Waals surface area contributed by atoms with Gasteiger partial charge in [0, 0.05) is 23.6 Å². The van der Waals surface area contributed by atoms with Gasteiger partial charge in [0.15, 0.2) is 0 Å². The number of hydrogen-bond donors (Lipinski definition) is 2. The third-order valence-corrected chi connectivity index (χ3v) is 3.70. The van der Waals surface area contributed by atoms with Crippen LogP contribution in [0.1, 0.15) is 11.1 Å². The van der Waals surface area contributed by atoms with Crippen molar-refractivity contribution in [2.45, 2.75) is 6.18 Å². The van der Waals surface area contributed by atoms with Crippen molar-refractivity contribution in [2.24, 2.45) is 0 Å². The second-order valence-corrected chi connectivity index (χ2v) is 5.62. The van der Waals surface area contributed by atoms with Crippen LogP contribution in [0.5, 0.6) is 5.75 Å². The number of hydrogen-bond acceptors (Lipinski definition) is 6. The number of aromatic nitrogens is 2. The lowest BCUT2D eigenvalue weighted by Crippen LogP contribution is -2.12. The Morgan fingerprint density at radius 1 is 1.04 bits per heavy atom. The topological polar surface area (TPSA) is 82.9 Å². The Balaban J connectivity index is 1.93. The molecule has 9 heteroatoms. The van der Waals surface area contributed by atoms with E-state index in [0.717, 1.165) is 0 Å². The second kappa shape index (κ2) is 7.84. The number of ether oxygens (including phenoxy) is 1. The minimum atomic E-state index is -4.63. The van der Waals surface area contributed by atoms with Crippen molar-refractivity contribution in [1.29, 1.82) is 5.26 Å². The SMILES string of the molecule is COc1cccc(Nc2nc(Nc3ccc(C#N)cc3)ncc2C(F)(F)F)c1. The minimum Gasteiger partial charge on any atom is -0.497 e. The normalized spacial score (nSPS) is 10.8. The number of alkyl halides is 3. The molecule has 0 aliphatic rings. The van der Waals surface area contributed by atoms with Crippen molar-refractivity contribution in [1.82, 2.24) is 9.97 Å². The molecule has 0 spiro atoms. The Bertz CT molecular complexity index is 1010. The van der Waals surface area contributed by atoms with Gasteiger partial charge in [0.25, 0.3) is 0 Å². The van der Waals surface area contributed by atoms with Crippen molar-refractivity contribution in [3.05, 3.63) is 65.9 Å². The van der Waals surface area contributed by atoms with Crippen molar-refractivity contribution in [3.8, 4) is 11.8 Å². The van der Waals surface area contributed by atoms with Crippen LogP contribution in [0, 0.1) is 11.3 Å². The summed E-state index contributed by atoms with van der Waals surface area (Å²) >= 11 is 0. The molecular formula is C19H14F3N5O. The highest BCUT2D eigenvalue weighted by molar-refractivity contribution is 5.64. The van der Waals surface area contributed by atoms with E-state index >= 15 is 0 Å². The van der Waals surface area contributed by atoms with Gasteiger partial charge < -0.3 is 15.4 Å². The Labute approximate surface area is 158 Å². The Hall–Kier alpha value is -3.80. The molecule has 1 aromatic heterocycles. The molecule has 3 aromatic rings. The van der Waals surface area contributed by atoms with Crippen molar-refractivity contribution in [2.75, 3.05) is 17.7 Å². The van der Waals surface area contributed by atoms with Crippen LogP contribution in [0.15, 0.2) is 54.7 Å². The number of methoxy groups -OCH3 is 1. The molecule has 6 nitrogen and oxygen atoms in total. The maximum Gasteiger partial charge on any atom is 0.421 e. The van der Waals surface area contributed by atoms with E-state index < -0.39 is 17.6 Å². The average molecular weight is 385 g/mol. The highest BCUT2D eigenvalue weighted by Gasteiger charge is 2.35. The van der Waals surface area contributed by atoms with Crippen LogP contribution < -0.4 is 15.4 Å². The largest absolute Gasteiger partial charge is 0.497 e. The van der Waals surface area contributed by atoms with Gasteiger partial charge in [-0.15, -0.1) is 0 Å². The first-order valence-electron chi connectivity index (χ1n) is 8.01. The lowest BCUT2D eigenvalue weighted by molar-refractivity contribution is -0.137. The molecule has 0 aliphatic heterocycles. The molecule has 0 bridgehead atoms. The van der Waals surface area contributed by atoms with Gasteiger partial charge in [-0.1, -0.05) is 6.07 Å². The summed E-state index contributed by atoms with van der Waals surface area (Å²) < 4.78 is 45.1. The van der Waals surface area contributed by atoms with Crippen molar-refractivity contribution < 1.29 is 17.9 Å². The van der Waals surface area contributed by atoms with E-state index in [9.17, 15) is 13.2 Å². The van der Waals surface area contributed by atoms with Gasteiger partial charge in [-0.3, -0.25) is 0 Å². The Kier molecular flexibility index (Phi) is 5.31. The van der Waals surface area contributed by atoms with E-state index in [1.165, 1.54) is 7.11 Å². The molecule has 2 N–H and O–H groups in total. The zero-order valence-corrected chi connectivity index (χ0v) is 14.6. The fourth-order valence-corrected chi connectivity index (χ4v) is 2.34. The Morgan fingerprint density at radius 2 is 1.79 bits per heavy atom. The first-order valence-corrected chi connectivity index (χ1v) is 8.01. The molecule has 0 atom stereocenters. The van der Waals surface area contributed by atoms with E-state index in [0.29, 0.717) is 28.9 Å². The monoisotopic (exact) mass is 385 g/mol. The summed E-state index contributed by atoms with van der Waals surface area (Å²) in [4.78, 5) is 7.72. The van der Waals surface area contributed by atoms with Gasteiger partial charge in [-0.25, -0.2) is 4.98 Å². The van der Waals surface area contributed by atoms with Crippen LogP contribution in [0.25, 0.3) is 0 Å². The molecule has 28 heavy (non-hydrogen) atoms. The molecular weight excluding hydrogens is 371 g/mol. The zero-order valence-electron chi connectivity index (χ0n) is 14.6. The molecule has 0 unspecified atom stereocenters. The maximum absolute atomic E-state index is 13.3. The summed E-state index contributed by atoms with van der Waals surface area (Å²) in [7, 11) is 1.46. The van der Waals surface area contributed by atoms with Gasteiger partial charge >= 0.3 is 6.18 Å². The smallest absolute Gasteiger partial charge is 0.421 e. The first kappa shape index (κ1) is 19.0. The molecule has 142 valence electrons. The predicted molar refractivity (Wildman–Crippen MR) is 97.8 cm³/mol. The van der Waals surface area contributed by atoms with E-state index in [2.05, 4.69) is 20.6 Å². The molecule has 0 radical (unpaired) electrons. The van der Waals surface area contributed by atoms with Crippen LogP contribution in [0.4, 0.5) is 36.3 Å². The fourth-order valence-electron chi connectivity index (χ4n) is 2.34. The quantitative estimate of drug-likeness (QED) is 0.652. The number of rotatable bonds is 5. The highest BCUT2D eigenvalue weighted by Crippen LogP contribution is 2.35. The zero-order chi connectivity index (χ0) is 20.1. The number of anilines is 4. The summed E-state index contributed by atoms with van der Waals surface area (Å²) in [6, 6.07) is 14.8. The van der Waals surface area contributed by atoms with Gasteiger partial charge in [0.2, 0.25) is 5.95 Å². The second-order valence-electron chi connectivity index (χ2n) is 5.62. The van der Waals surface area contributed by atoms with Crippen LogP contribution in [-0.4, -0.2) is 17.1 Å². The first-order chi connectivity index (χ1) is 13.4. The van der Waals surface area contributed by atoms with Crippen LogP contribution in [0.3, 0.4) is 0 Å². The van der Waals surface area contributed by atoms with Gasteiger partial charge in [-0.2, -0.15) is 23.4 Å². The lowest BCUT2D eigenvalue weighted by Gasteiger charge is -2.15. The summed E-state index contributed by atoms with van der Waals surface area (Å²) in [6.45, 7) is 0. The van der Waals surface area contributed by atoms with E-state index in [1.807, 2.05) is 6.07 Å². The third kappa shape index (κ3) is 4.48. The van der Waals surface area contributed by atoms with Crippen LogP contribution in [-0.2, 0) is 6.18 Å². The molecule has 2 aromatic carbocycles. The molecule has 1 heterocycles. The van der Waals surface area contributed by atoms with Crippen molar-refractivity contribution in [3.63, 3.8) is 0 Å². The predicted octanol–water partition coefficient (Wildman–Crippen LogP) is 4.86. The summed E-state index contributed by atoms with van der Waals surface area (Å²) in [5.74, 6) is 0.0681. The van der Waals surface area contributed by atoms with Crippen LogP contribution in [0.2, 0.25) is 0 Å². The van der Waals surface area contributed by atoms with Gasteiger partial charge in [-0.05, 0) is 36.4 Å². The third-order valence-electron chi connectivity index (χ3n) is 3.70. The average Bonchev–Trinajstić information content (AvgIpc) is 2.68. The van der Waals surface area contributed by atoms with Gasteiger partial charge in [0.05, 0.1) is 18.7 Å². The summed E-state index contributed by atoms with van der Waals surface area (Å²) in [5.41, 5.74) is 0.374. The van der Waals surface area contributed by atoms with E-state index in [1.54, 1.807) is 48.5 Å². The summed E-state index contributed by atoms with van der Waals surface area (Å²) in [5, 5.41) is 14.3. The van der Waals surface area contributed by atoms with E-state index in [4.69, 9.17) is 10.00 Å². The number of nitriles is 1. The highest BCUT2D eigenvalue weighted by atomic mass is 19.4. The number of benzene rings is 2. The molecule has 3 rings (SSSR count). The molecule has 0 fully saturated rings. The van der Waals surface area contributed by atoms with Crippen molar-refractivity contribution >= 4 is 23.1 Å². The number of nitrogens with zero attached hydrogens (tertiary/aromatic N) is 3. The number of halogens is 3. The van der Waals surface area contributed by atoms with Crippen LogP contribution >= 0.6 is 0 Å². The van der Waals surface area contributed by atoms with Gasteiger partial charge in [0.1, 0.15) is 17.1 Å². The lowest BCUT2D eigenvalue weighted by atomic mass is 10.2. The molecule has 0 saturated heterocycles. The maximum atomic E-state index is 13.3. The fraction of sp³-hybridized carbons (Fsp3) is 0.105. The van der Waals surface area contributed by atoms with E-state index in [-0.39, 0.29) is 5.95 Å². The summed E-state index contributed by atoms with van der Waals surface area (Å²) in [6.07, 6.45) is -3.92.